The van der Waals surface area contributed by atoms with E-state index in [-0.39, 0.29) is 12.4 Å². The van der Waals surface area contributed by atoms with Crippen molar-refractivity contribution in [3.05, 3.63) is 87.7 Å². The molecule has 35 heavy (non-hydrogen) atoms. The molecule has 0 aliphatic heterocycles. The summed E-state index contributed by atoms with van der Waals surface area (Å²) in [6.45, 7) is 2.15. The van der Waals surface area contributed by atoms with E-state index in [1.165, 1.54) is 24.3 Å². The highest BCUT2D eigenvalue weighted by Gasteiger charge is 2.30. The van der Waals surface area contributed by atoms with E-state index in [2.05, 4.69) is 24.7 Å². The highest BCUT2D eigenvalue weighted by atomic mass is 35.5. The molecule has 3 aromatic rings. The molecule has 0 unspecified atom stereocenters. The van der Waals surface area contributed by atoms with E-state index in [9.17, 15) is 17.6 Å². The third-order valence-corrected chi connectivity index (χ3v) is 5.93. The van der Waals surface area contributed by atoms with Gasteiger partial charge in [-0.15, -0.1) is 0 Å². The van der Waals surface area contributed by atoms with Gasteiger partial charge in [-0.05, 0) is 54.6 Å². The maximum absolute atomic E-state index is 13.9. The molecule has 0 atom stereocenters. The Morgan fingerprint density at radius 3 is 2.20 bits per heavy atom. The number of alkyl halides is 3. The lowest BCUT2D eigenvalue weighted by Crippen LogP contribution is -3.00. The summed E-state index contributed by atoms with van der Waals surface area (Å²) in [5.74, 6) is -0.408. The van der Waals surface area contributed by atoms with Crippen molar-refractivity contribution >= 4 is 40.3 Å². The highest BCUT2D eigenvalue weighted by Crippen LogP contribution is 2.32. The Bertz CT molecular complexity index is 1120. The zero-order chi connectivity index (χ0) is 24.9. The Morgan fingerprint density at radius 2 is 1.57 bits per heavy atom. The van der Waals surface area contributed by atoms with Gasteiger partial charge >= 0.3 is 6.18 Å². The van der Waals surface area contributed by atoms with Crippen LogP contribution >= 0.6 is 23.2 Å². The lowest BCUT2D eigenvalue weighted by Gasteiger charge is -2.30. The van der Waals surface area contributed by atoms with Crippen LogP contribution in [0.4, 0.5) is 34.6 Å². The monoisotopic (exact) mass is 549 g/mol. The number of rotatable bonds is 9. The van der Waals surface area contributed by atoms with Gasteiger partial charge in [0.15, 0.2) is 0 Å². The molecule has 0 aliphatic rings. The van der Waals surface area contributed by atoms with Crippen molar-refractivity contribution in [3.8, 4) is 0 Å². The van der Waals surface area contributed by atoms with Gasteiger partial charge in [-0.1, -0.05) is 29.3 Å². The first-order valence-electron chi connectivity index (χ1n) is 10.7. The second-order valence-electron chi connectivity index (χ2n) is 8.72. The number of benzene rings is 3. The van der Waals surface area contributed by atoms with Crippen LogP contribution in [0.1, 0.15) is 17.5 Å². The van der Waals surface area contributed by atoms with E-state index in [0.717, 1.165) is 37.2 Å². The standard InChI is InChI=1S/C25H26Cl2F4N3.ClH/c1-34(2,16-17-4-7-19(26)14-22(17)27)13-3-12-32-24-15-20(28)8-11-23(24)33-21-9-5-18(6-10-21)25(29,30)31;/h4-11,14-15,32-33H,3,12-13,16H2,1-2H3;1H/q+1;/p-1. The Hall–Kier alpha value is -2.19. The second kappa shape index (κ2) is 12.2. The molecule has 3 aromatic carbocycles. The quantitative estimate of drug-likeness (QED) is 0.223. The largest absolute Gasteiger partial charge is 1.00 e. The molecule has 0 spiro atoms. The van der Waals surface area contributed by atoms with Gasteiger partial charge in [0.05, 0.1) is 42.6 Å². The van der Waals surface area contributed by atoms with Crippen LogP contribution in [-0.2, 0) is 12.7 Å². The summed E-state index contributed by atoms with van der Waals surface area (Å²) in [4.78, 5) is 0. The van der Waals surface area contributed by atoms with Crippen molar-refractivity contribution in [1.29, 1.82) is 0 Å². The molecule has 3 nitrogen and oxygen atoms in total. The topological polar surface area (TPSA) is 24.1 Å². The highest BCUT2D eigenvalue weighted by molar-refractivity contribution is 6.35. The Kier molecular flexibility index (Phi) is 10.1. The van der Waals surface area contributed by atoms with Crippen molar-refractivity contribution in [1.82, 2.24) is 0 Å². The summed E-state index contributed by atoms with van der Waals surface area (Å²) in [5, 5.41) is 7.51. The van der Waals surface area contributed by atoms with Crippen LogP contribution in [0.2, 0.25) is 10.0 Å². The second-order valence-corrected chi connectivity index (χ2v) is 9.57. The van der Waals surface area contributed by atoms with Gasteiger partial charge in [0, 0.05) is 29.2 Å². The molecule has 3 rings (SSSR count). The maximum Gasteiger partial charge on any atom is 0.416 e. The van der Waals surface area contributed by atoms with Gasteiger partial charge in [0.25, 0.3) is 0 Å². The molecule has 0 fully saturated rings. The number of hydrogen-bond donors (Lipinski definition) is 2. The van der Waals surface area contributed by atoms with Gasteiger partial charge in [-0.3, -0.25) is 0 Å². The molecule has 0 saturated carbocycles. The summed E-state index contributed by atoms with van der Waals surface area (Å²) >= 11 is 12.3. The lowest BCUT2D eigenvalue weighted by atomic mass is 10.2. The summed E-state index contributed by atoms with van der Waals surface area (Å²) in [6, 6.07) is 14.4. The summed E-state index contributed by atoms with van der Waals surface area (Å²) in [5.41, 5.74) is 1.86. The van der Waals surface area contributed by atoms with Gasteiger partial charge < -0.3 is 27.5 Å². The van der Waals surface area contributed by atoms with Gasteiger partial charge in [0.1, 0.15) is 12.4 Å². The van der Waals surface area contributed by atoms with E-state index in [0.29, 0.717) is 38.1 Å². The number of nitrogens with one attached hydrogen (secondary N) is 2. The predicted molar refractivity (Wildman–Crippen MR) is 131 cm³/mol. The smallest absolute Gasteiger partial charge is 0.416 e. The number of hydrogen-bond acceptors (Lipinski definition) is 2. The molecular formula is C25H26Cl3F4N3. The first kappa shape index (κ1) is 29.0. The molecule has 0 aliphatic carbocycles. The fourth-order valence-corrected chi connectivity index (χ4v) is 4.06. The Balaban J connectivity index is 0.00000432. The molecule has 0 heterocycles. The third kappa shape index (κ3) is 8.76. The molecule has 2 N–H and O–H groups in total. The first-order chi connectivity index (χ1) is 15.9. The van der Waals surface area contributed by atoms with Crippen LogP contribution in [0.5, 0.6) is 0 Å². The first-order valence-corrected chi connectivity index (χ1v) is 11.4. The maximum atomic E-state index is 13.9. The lowest BCUT2D eigenvalue weighted by molar-refractivity contribution is -0.903. The van der Waals surface area contributed by atoms with Crippen LogP contribution in [-0.4, -0.2) is 31.7 Å². The van der Waals surface area contributed by atoms with E-state index >= 15 is 0 Å². The van der Waals surface area contributed by atoms with Gasteiger partial charge in [-0.25, -0.2) is 4.39 Å². The summed E-state index contributed by atoms with van der Waals surface area (Å²) in [6.07, 6.45) is -3.60. The summed E-state index contributed by atoms with van der Waals surface area (Å²) in [7, 11) is 4.20. The molecule has 0 bridgehead atoms. The van der Waals surface area contributed by atoms with E-state index in [1.807, 2.05) is 12.1 Å². The van der Waals surface area contributed by atoms with Gasteiger partial charge in [0.2, 0.25) is 0 Å². The molecular weight excluding hydrogens is 525 g/mol. The van der Waals surface area contributed by atoms with Crippen LogP contribution in [0.25, 0.3) is 0 Å². The van der Waals surface area contributed by atoms with Crippen molar-refractivity contribution in [3.63, 3.8) is 0 Å². The molecule has 0 radical (unpaired) electrons. The Morgan fingerprint density at radius 1 is 0.886 bits per heavy atom. The zero-order valence-electron chi connectivity index (χ0n) is 19.2. The van der Waals surface area contributed by atoms with Gasteiger partial charge in [-0.2, -0.15) is 13.2 Å². The van der Waals surface area contributed by atoms with E-state index < -0.39 is 17.6 Å². The normalized spacial score (nSPS) is 11.7. The molecule has 0 saturated heterocycles. The van der Waals surface area contributed by atoms with Crippen LogP contribution in [0.15, 0.2) is 60.7 Å². The fraction of sp³-hybridized carbons (Fsp3) is 0.280. The third-order valence-electron chi connectivity index (χ3n) is 5.34. The molecule has 190 valence electrons. The molecule has 10 heteroatoms. The van der Waals surface area contributed by atoms with Crippen molar-refractivity contribution in [2.45, 2.75) is 19.1 Å². The average molecular weight is 551 g/mol. The summed E-state index contributed by atoms with van der Waals surface area (Å²) < 4.78 is 52.9. The number of nitrogens with zero attached hydrogens (tertiary/aromatic N) is 1. The predicted octanol–water partition coefficient (Wildman–Crippen LogP) is 4.98. The van der Waals surface area contributed by atoms with Crippen molar-refractivity contribution < 1.29 is 34.5 Å². The minimum Gasteiger partial charge on any atom is -1.00 e. The minimum absolute atomic E-state index is 0. The van der Waals surface area contributed by atoms with Crippen LogP contribution in [0, 0.1) is 5.82 Å². The average Bonchev–Trinajstić information content (AvgIpc) is 2.75. The number of anilines is 3. The Labute approximate surface area is 219 Å². The minimum atomic E-state index is -4.40. The molecule has 0 amide bonds. The number of quaternary nitrogens is 1. The van der Waals surface area contributed by atoms with Crippen LogP contribution in [0.3, 0.4) is 0 Å². The molecule has 0 aromatic heterocycles. The van der Waals surface area contributed by atoms with E-state index in [1.54, 1.807) is 12.1 Å². The van der Waals surface area contributed by atoms with E-state index in [4.69, 9.17) is 23.2 Å². The van der Waals surface area contributed by atoms with Crippen molar-refractivity contribution in [2.75, 3.05) is 37.8 Å². The SMILES string of the molecule is C[N+](C)(CCCNc1cc(F)ccc1Nc1ccc(C(F)(F)F)cc1)Cc1ccc(Cl)cc1Cl.[Cl-]. The number of halogens is 7. The fourth-order valence-electron chi connectivity index (χ4n) is 3.59. The van der Waals surface area contributed by atoms with Crippen molar-refractivity contribution in [2.24, 2.45) is 0 Å². The zero-order valence-corrected chi connectivity index (χ0v) is 21.5. The van der Waals surface area contributed by atoms with Crippen LogP contribution < -0.4 is 23.0 Å².